The summed E-state index contributed by atoms with van der Waals surface area (Å²) in [6, 6.07) is 5.21. The lowest BCUT2D eigenvalue weighted by molar-refractivity contribution is -0.0269. The Bertz CT molecular complexity index is 1800. The number of ether oxygens (including phenoxy) is 1. The molecular formula is C35H41FN6O3S. The van der Waals surface area contributed by atoms with Crippen LogP contribution in [0.5, 0.6) is 0 Å². The van der Waals surface area contributed by atoms with E-state index in [1.54, 1.807) is 29.9 Å². The first-order valence-electron chi connectivity index (χ1n) is 16.2. The fourth-order valence-corrected chi connectivity index (χ4v) is 8.66. The molecule has 1 aliphatic carbocycles. The molecule has 0 bridgehead atoms. The number of oxazole rings is 1. The molecule has 2 aliphatic heterocycles. The molecule has 1 amide bonds. The van der Waals surface area contributed by atoms with Gasteiger partial charge in [0.2, 0.25) is 0 Å². The smallest absolute Gasteiger partial charge is 0.410 e. The maximum atomic E-state index is 16.2. The molecule has 2 fully saturated rings. The second kappa shape index (κ2) is 11.4. The van der Waals surface area contributed by atoms with E-state index in [0.717, 1.165) is 77.6 Å². The van der Waals surface area contributed by atoms with Crippen LogP contribution in [-0.2, 0) is 17.6 Å². The summed E-state index contributed by atoms with van der Waals surface area (Å²) in [6.07, 6.45) is 8.41. The number of hydrogen-bond acceptors (Lipinski definition) is 8. The summed E-state index contributed by atoms with van der Waals surface area (Å²) in [4.78, 5) is 25.0. The zero-order chi connectivity index (χ0) is 32.4. The fourth-order valence-electron chi connectivity index (χ4n) is 7.45. The predicted octanol–water partition coefficient (Wildman–Crippen LogP) is 7.49. The normalized spacial score (nSPS) is 19.3. The molecule has 4 aromatic rings. The Morgan fingerprint density at radius 3 is 2.57 bits per heavy atom. The average Bonchev–Trinajstić information content (AvgIpc) is 3.68. The van der Waals surface area contributed by atoms with Crippen molar-refractivity contribution in [2.75, 3.05) is 13.1 Å². The van der Waals surface area contributed by atoms with Crippen molar-refractivity contribution < 1.29 is 18.3 Å². The molecule has 242 valence electrons. The Morgan fingerprint density at radius 1 is 1.13 bits per heavy atom. The van der Waals surface area contributed by atoms with E-state index >= 15 is 4.39 Å². The topological polar surface area (TPSA) is 98.6 Å². The second-order valence-electron chi connectivity index (χ2n) is 14.3. The van der Waals surface area contributed by atoms with Crippen LogP contribution in [0.15, 0.2) is 40.1 Å². The molecular weight excluding hydrogens is 603 g/mol. The van der Waals surface area contributed by atoms with Crippen LogP contribution >= 0.6 is 11.3 Å². The van der Waals surface area contributed by atoms with E-state index < -0.39 is 11.6 Å². The first-order valence-corrected chi connectivity index (χ1v) is 17.0. The zero-order valence-corrected chi connectivity index (χ0v) is 28.2. The molecule has 1 atom stereocenters. The number of rotatable bonds is 5. The first kappa shape index (κ1) is 30.8. The van der Waals surface area contributed by atoms with Crippen LogP contribution < -0.4 is 0 Å². The lowest BCUT2D eigenvalue weighted by Crippen LogP contribution is -2.50. The summed E-state index contributed by atoms with van der Waals surface area (Å²) >= 11 is 1.65. The summed E-state index contributed by atoms with van der Waals surface area (Å²) in [5.41, 5.74) is 3.92. The lowest BCUT2D eigenvalue weighted by Gasteiger charge is -2.52. The van der Waals surface area contributed by atoms with E-state index in [2.05, 4.69) is 39.7 Å². The van der Waals surface area contributed by atoms with Crippen molar-refractivity contribution in [1.29, 1.82) is 0 Å². The molecule has 1 aromatic carbocycles. The van der Waals surface area contributed by atoms with Crippen LogP contribution in [0.1, 0.15) is 97.2 Å². The third-order valence-corrected chi connectivity index (χ3v) is 11.0. The number of aryl methyl sites for hydroxylation is 2. The van der Waals surface area contributed by atoms with Gasteiger partial charge in [0.15, 0.2) is 11.7 Å². The second-order valence-corrected chi connectivity index (χ2v) is 15.5. The molecule has 1 saturated carbocycles. The van der Waals surface area contributed by atoms with Crippen molar-refractivity contribution >= 4 is 23.1 Å². The van der Waals surface area contributed by atoms with E-state index in [0.29, 0.717) is 35.3 Å². The minimum Gasteiger partial charge on any atom is -0.449 e. The number of thiophene rings is 1. The highest BCUT2D eigenvalue weighted by molar-refractivity contribution is 7.15. The first-order chi connectivity index (χ1) is 21.9. The average molecular weight is 645 g/mol. The summed E-state index contributed by atoms with van der Waals surface area (Å²) in [5.74, 6) is 2.24. The van der Waals surface area contributed by atoms with Gasteiger partial charge in [-0.25, -0.2) is 14.2 Å². The molecule has 1 spiro atoms. The van der Waals surface area contributed by atoms with Gasteiger partial charge < -0.3 is 14.1 Å². The Hall–Kier alpha value is -3.86. The highest BCUT2D eigenvalue weighted by atomic mass is 32.1. The number of amides is 1. The van der Waals surface area contributed by atoms with Crippen LogP contribution in [0, 0.1) is 37.9 Å². The van der Waals surface area contributed by atoms with E-state index in [4.69, 9.17) is 14.1 Å². The Morgan fingerprint density at radius 2 is 1.89 bits per heavy atom. The van der Waals surface area contributed by atoms with Gasteiger partial charge in [0.25, 0.3) is 0 Å². The number of fused-ring (bicyclic) bond motifs is 3. The molecule has 3 aliphatic rings. The third kappa shape index (κ3) is 5.67. The van der Waals surface area contributed by atoms with Gasteiger partial charge in [0.1, 0.15) is 34.5 Å². The van der Waals surface area contributed by atoms with Gasteiger partial charge in [0.05, 0.1) is 18.3 Å². The molecule has 3 aromatic heterocycles. The molecule has 9 nitrogen and oxygen atoms in total. The predicted molar refractivity (Wildman–Crippen MR) is 174 cm³/mol. The van der Waals surface area contributed by atoms with Crippen LogP contribution in [-0.4, -0.2) is 55.1 Å². The molecule has 1 unspecified atom stereocenters. The maximum absolute atomic E-state index is 16.2. The molecule has 0 radical (unpaired) electrons. The van der Waals surface area contributed by atoms with Crippen LogP contribution in [0.3, 0.4) is 0 Å². The Labute approximate surface area is 272 Å². The summed E-state index contributed by atoms with van der Waals surface area (Å²) < 4.78 is 29.4. The van der Waals surface area contributed by atoms with Crippen LogP contribution in [0.25, 0.3) is 5.00 Å². The van der Waals surface area contributed by atoms with Crippen molar-refractivity contribution in [3.05, 3.63) is 81.1 Å². The number of benzene rings is 1. The van der Waals surface area contributed by atoms with Crippen molar-refractivity contribution in [3.8, 4) is 5.00 Å². The summed E-state index contributed by atoms with van der Waals surface area (Å²) in [5, 5.41) is 9.86. The van der Waals surface area contributed by atoms with E-state index in [1.165, 1.54) is 0 Å². The lowest BCUT2D eigenvalue weighted by atomic mass is 9.56. The third-order valence-electron chi connectivity index (χ3n) is 9.82. The highest BCUT2D eigenvalue weighted by Gasteiger charge is 2.46. The Balaban J connectivity index is 1.10. The van der Waals surface area contributed by atoms with E-state index in [-0.39, 0.29) is 17.3 Å². The van der Waals surface area contributed by atoms with Crippen molar-refractivity contribution in [2.24, 2.45) is 16.3 Å². The van der Waals surface area contributed by atoms with Gasteiger partial charge in [-0.05, 0) is 108 Å². The van der Waals surface area contributed by atoms with E-state index in [9.17, 15) is 4.79 Å². The minimum atomic E-state index is -0.482. The van der Waals surface area contributed by atoms with Gasteiger partial charge in [-0.15, -0.1) is 21.5 Å². The number of carbonyl (C=O) groups is 1. The molecule has 11 heteroatoms. The molecule has 46 heavy (non-hydrogen) atoms. The number of nitrogens with zero attached hydrogens (tertiary/aromatic N) is 6. The van der Waals surface area contributed by atoms with Gasteiger partial charge in [-0.3, -0.25) is 9.56 Å². The van der Waals surface area contributed by atoms with Crippen molar-refractivity contribution in [1.82, 2.24) is 24.6 Å². The number of aromatic nitrogens is 4. The molecule has 5 heterocycles. The molecule has 0 N–H and O–H groups in total. The number of aliphatic imine (C=N–C) groups is 1. The van der Waals surface area contributed by atoms with Gasteiger partial charge in [-0.2, -0.15) is 0 Å². The summed E-state index contributed by atoms with van der Waals surface area (Å²) in [7, 11) is 0. The standard InChI is InChI=1S/C35H41FN6O3S/c1-20-21(2)46-32-29(20)30(38-27(17-28-37-11-14-44-28)31-40-39-22(3)42(31)32)25-8-7-23(16-26(25)36)15-24-18-35(19-24)9-12-41(13-10-35)33(43)45-34(4,5)6/h7-8,11,14,16,24,27H,9-10,12-13,15,17-19H2,1-6H3. The SMILES string of the molecule is Cc1sc2c(c1C)C(c1ccc(CC3CC4(CCN(C(=O)OC(C)(C)C)CC4)C3)cc1F)=NC(Cc1ncco1)c1nnc(C)n1-2. The zero-order valence-electron chi connectivity index (χ0n) is 27.4. The molecule has 7 rings (SSSR count). The minimum absolute atomic E-state index is 0.215. The van der Waals surface area contributed by atoms with Crippen molar-refractivity contribution in [2.45, 2.75) is 91.7 Å². The van der Waals surface area contributed by atoms with Gasteiger partial charge in [-0.1, -0.05) is 6.07 Å². The number of piperidine rings is 1. The number of carbonyl (C=O) groups excluding carboxylic acids is 1. The largest absolute Gasteiger partial charge is 0.449 e. The number of likely N-dealkylation sites (tertiary alicyclic amines) is 1. The fraction of sp³-hybridized carbons (Fsp3) is 0.514. The monoisotopic (exact) mass is 644 g/mol. The number of hydrogen-bond donors (Lipinski definition) is 0. The Kier molecular flexibility index (Phi) is 7.65. The van der Waals surface area contributed by atoms with Crippen molar-refractivity contribution in [3.63, 3.8) is 0 Å². The maximum Gasteiger partial charge on any atom is 0.410 e. The quantitative estimate of drug-likeness (QED) is 0.223. The summed E-state index contributed by atoms with van der Waals surface area (Å²) in [6.45, 7) is 13.3. The highest BCUT2D eigenvalue weighted by Crippen LogP contribution is 2.53. The van der Waals surface area contributed by atoms with Crippen LogP contribution in [0.2, 0.25) is 0 Å². The number of halogens is 1. The van der Waals surface area contributed by atoms with Gasteiger partial charge in [0, 0.05) is 29.1 Å². The van der Waals surface area contributed by atoms with Crippen LogP contribution in [0.4, 0.5) is 9.18 Å². The van der Waals surface area contributed by atoms with Gasteiger partial charge >= 0.3 is 6.09 Å². The van der Waals surface area contributed by atoms with E-state index in [1.807, 2.05) is 38.7 Å². The molecule has 1 saturated heterocycles.